The highest BCUT2D eigenvalue weighted by Gasteiger charge is 2.32. The van der Waals surface area contributed by atoms with Crippen LogP contribution in [-0.4, -0.2) is 47.8 Å². The number of alkyl halides is 3. The zero-order valence-electron chi connectivity index (χ0n) is 21.1. The minimum atomic E-state index is -4.80. The molecule has 2 aromatic carbocycles. The molecule has 4 rings (SSSR count). The highest BCUT2D eigenvalue weighted by molar-refractivity contribution is 6.32. The van der Waals surface area contributed by atoms with Gasteiger partial charge in [0.05, 0.1) is 10.5 Å². The molecule has 13 heteroatoms. The Balaban J connectivity index is 1.21. The van der Waals surface area contributed by atoms with Crippen LogP contribution in [0.2, 0.25) is 5.02 Å². The number of hydrogen-bond donors (Lipinski definition) is 4. The Bertz CT molecular complexity index is 1530. The number of halogens is 4. The Morgan fingerprint density at radius 1 is 1.00 bits per heavy atom. The molecule has 9 nitrogen and oxygen atoms in total. The summed E-state index contributed by atoms with van der Waals surface area (Å²) in [4.78, 5) is 32.7. The number of carbonyl (C=O) groups is 2. The van der Waals surface area contributed by atoms with Crippen LogP contribution in [0.15, 0.2) is 54.9 Å². The quantitative estimate of drug-likeness (QED) is 0.144. The van der Waals surface area contributed by atoms with Crippen LogP contribution in [-0.2, 0) is 11.3 Å². The van der Waals surface area contributed by atoms with Crippen molar-refractivity contribution in [2.45, 2.75) is 25.7 Å². The number of primary amides is 1. The van der Waals surface area contributed by atoms with Crippen molar-refractivity contribution in [3.05, 3.63) is 71.0 Å². The van der Waals surface area contributed by atoms with Crippen LogP contribution in [0.4, 0.5) is 19.0 Å². The van der Waals surface area contributed by atoms with Gasteiger partial charge in [-0.15, -0.1) is 13.2 Å². The number of nitrogens with one attached hydrogen (secondary N) is 3. The van der Waals surface area contributed by atoms with E-state index in [-0.39, 0.29) is 17.4 Å². The molecule has 2 aromatic heterocycles. The van der Waals surface area contributed by atoms with E-state index in [9.17, 15) is 22.8 Å². The molecule has 0 atom stereocenters. The largest absolute Gasteiger partial charge is 0.573 e. The number of rotatable bonds is 12. The molecule has 4 aromatic rings. The monoisotopic (exact) mass is 574 g/mol. The number of nitrogens with two attached hydrogens (primary N) is 1. The molecule has 0 aliphatic carbocycles. The Labute approximate surface area is 232 Å². The Hall–Kier alpha value is -4.16. The molecule has 210 valence electrons. The molecule has 0 spiro atoms. The predicted octanol–water partition coefficient (Wildman–Crippen LogP) is 4.53. The molecule has 2 heterocycles. The van der Waals surface area contributed by atoms with Crippen LogP contribution in [0, 0.1) is 0 Å². The Morgan fingerprint density at radius 2 is 1.82 bits per heavy atom. The van der Waals surface area contributed by atoms with Crippen molar-refractivity contribution in [1.29, 1.82) is 0 Å². The molecule has 0 aliphatic rings. The maximum absolute atomic E-state index is 12.3. The second-order valence-corrected chi connectivity index (χ2v) is 9.25. The number of carbonyl (C=O) groups excluding carboxylic acids is 2. The smallest absolute Gasteiger partial charge is 0.404 e. The van der Waals surface area contributed by atoms with Gasteiger partial charge in [-0.05, 0) is 48.9 Å². The van der Waals surface area contributed by atoms with Gasteiger partial charge < -0.3 is 26.4 Å². The van der Waals surface area contributed by atoms with E-state index in [1.54, 1.807) is 30.6 Å². The summed E-state index contributed by atoms with van der Waals surface area (Å²) in [6.07, 6.45) is -0.562. The van der Waals surface area contributed by atoms with Gasteiger partial charge in [0.15, 0.2) is 0 Å². The third-order valence-corrected chi connectivity index (χ3v) is 6.22. The molecular weight excluding hydrogens is 549 g/mol. The second-order valence-electron chi connectivity index (χ2n) is 8.85. The van der Waals surface area contributed by atoms with Gasteiger partial charge in [0.2, 0.25) is 11.8 Å². The van der Waals surface area contributed by atoms with E-state index in [1.807, 2.05) is 6.07 Å². The Kier molecular flexibility index (Phi) is 9.22. The summed E-state index contributed by atoms with van der Waals surface area (Å²) in [5.41, 5.74) is 7.04. The highest BCUT2D eigenvalue weighted by atomic mass is 35.5. The van der Waals surface area contributed by atoms with Gasteiger partial charge in [0.1, 0.15) is 11.6 Å². The SMILES string of the molecule is NC(=O)c1ccc2c(c1)nc(NCCC(=O)NCCCNCc1ccc(OC(F)(F)F)c(Cl)c1)c1ccncc12. The van der Waals surface area contributed by atoms with E-state index in [0.717, 1.165) is 16.2 Å². The molecule has 5 N–H and O–H groups in total. The normalized spacial score (nSPS) is 11.5. The number of aromatic nitrogens is 2. The first kappa shape index (κ1) is 28.8. The molecule has 0 saturated carbocycles. The highest BCUT2D eigenvalue weighted by Crippen LogP contribution is 2.31. The molecule has 40 heavy (non-hydrogen) atoms. The lowest BCUT2D eigenvalue weighted by molar-refractivity contribution is -0.274. The summed E-state index contributed by atoms with van der Waals surface area (Å²) in [5, 5.41) is 11.6. The van der Waals surface area contributed by atoms with Crippen LogP contribution in [0.25, 0.3) is 21.7 Å². The zero-order chi connectivity index (χ0) is 28.7. The topological polar surface area (TPSA) is 131 Å². The molecule has 0 aliphatic heterocycles. The first-order valence-corrected chi connectivity index (χ1v) is 12.7. The average molecular weight is 575 g/mol. The standard InChI is InChI=1S/C27H26ClF3N6O3/c28-21-12-16(2-5-23(21)40-27(29,30)31)14-33-8-1-9-35-24(38)7-11-36-26-19-6-10-34-15-20(19)18-4-3-17(25(32)39)13-22(18)37-26/h2-6,10,12-13,15,33H,1,7-9,11,14H2,(H2,32,39)(H,35,38)(H,36,37). The molecule has 0 radical (unpaired) electrons. The first-order valence-electron chi connectivity index (χ1n) is 12.3. The molecule has 0 bridgehead atoms. The van der Waals surface area contributed by atoms with Crippen molar-refractivity contribution < 1.29 is 27.5 Å². The van der Waals surface area contributed by atoms with Gasteiger partial charge in [-0.3, -0.25) is 14.6 Å². The maximum atomic E-state index is 12.3. The lowest BCUT2D eigenvalue weighted by Crippen LogP contribution is -2.28. The number of nitrogens with zero attached hydrogens (tertiary/aromatic N) is 2. The molecule has 0 fully saturated rings. The average Bonchev–Trinajstić information content (AvgIpc) is 2.91. The van der Waals surface area contributed by atoms with E-state index in [4.69, 9.17) is 17.3 Å². The van der Waals surface area contributed by atoms with Crippen LogP contribution >= 0.6 is 11.6 Å². The molecule has 0 saturated heterocycles. The first-order chi connectivity index (χ1) is 19.1. The van der Waals surface area contributed by atoms with Gasteiger partial charge >= 0.3 is 6.36 Å². The van der Waals surface area contributed by atoms with Gasteiger partial charge in [0.25, 0.3) is 0 Å². The predicted molar refractivity (Wildman–Crippen MR) is 146 cm³/mol. The maximum Gasteiger partial charge on any atom is 0.573 e. The zero-order valence-corrected chi connectivity index (χ0v) is 21.9. The third-order valence-electron chi connectivity index (χ3n) is 5.93. The van der Waals surface area contributed by atoms with Crippen LogP contribution < -0.4 is 26.4 Å². The molecule has 2 amide bonds. The van der Waals surface area contributed by atoms with Gasteiger partial charge in [-0.25, -0.2) is 4.98 Å². The van der Waals surface area contributed by atoms with Crippen LogP contribution in [0.5, 0.6) is 5.75 Å². The van der Waals surface area contributed by atoms with Crippen molar-refractivity contribution in [2.24, 2.45) is 5.73 Å². The summed E-state index contributed by atoms with van der Waals surface area (Å²) in [6.45, 7) is 1.76. The van der Waals surface area contributed by atoms with Crippen molar-refractivity contribution >= 4 is 50.9 Å². The fourth-order valence-electron chi connectivity index (χ4n) is 4.05. The van der Waals surface area contributed by atoms with E-state index in [2.05, 4.69) is 30.7 Å². The fourth-order valence-corrected chi connectivity index (χ4v) is 4.30. The second kappa shape index (κ2) is 12.8. The van der Waals surface area contributed by atoms with Crippen molar-refractivity contribution in [2.75, 3.05) is 25.0 Å². The number of pyridine rings is 2. The van der Waals surface area contributed by atoms with Crippen molar-refractivity contribution in [1.82, 2.24) is 20.6 Å². The minimum absolute atomic E-state index is 0.128. The number of amides is 2. The number of hydrogen-bond acceptors (Lipinski definition) is 7. The van der Waals surface area contributed by atoms with Crippen LogP contribution in [0.1, 0.15) is 28.8 Å². The number of ether oxygens (including phenoxy) is 1. The molecular formula is C27H26ClF3N6O3. The summed E-state index contributed by atoms with van der Waals surface area (Å²) in [7, 11) is 0. The van der Waals surface area contributed by atoms with Crippen LogP contribution in [0.3, 0.4) is 0 Å². The summed E-state index contributed by atoms with van der Waals surface area (Å²) in [5.74, 6) is -0.563. The fraction of sp³-hybridized carbons (Fsp3) is 0.259. The number of fused-ring (bicyclic) bond motifs is 3. The van der Waals surface area contributed by atoms with E-state index >= 15 is 0 Å². The van der Waals surface area contributed by atoms with Gasteiger partial charge in [-0.2, -0.15) is 0 Å². The minimum Gasteiger partial charge on any atom is -0.404 e. The summed E-state index contributed by atoms with van der Waals surface area (Å²) >= 11 is 5.86. The van der Waals surface area contributed by atoms with E-state index in [0.29, 0.717) is 55.1 Å². The van der Waals surface area contributed by atoms with Crippen molar-refractivity contribution in [3.63, 3.8) is 0 Å². The number of benzene rings is 2. The molecule has 0 unspecified atom stereocenters. The van der Waals surface area contributed by atoms with Gasteiger partial charge in [-0.1, -0.05) is 23.7 Å². The van der Waals surface area contributed by atoms with E-state index in [1.165, 1.54) is 18.2 Å². The lowest BCUT2D eigenvalue weighted by Gasteiger charge is -2.12. The Morgan fingerprint density at radius 3 is 2.58 bits per heavy atom. The lowest BCUT2D eigenvalue weighted by atomic mass is 10.1. The van der Waals surface area contributed by atoms with Gasteiger partial charge in [0, 0.05) is 60.2 Å². The summed E-state index contributed by atoms with van der Waals surface area (Å²) in [6, 6.07) is 11.0. The van der Waals surface area contributed by atoms with E-state index < -0.39 is 18.0 Å². The number of anilines is 1. The third kappa shape index (κ3) is 7.70. The van der Waals surface area contributed by atoms with Crippen molar-refractivity contribution in [3.8, 4) is 5.75 Å². The summed E-state index contributed by atoms with van der Waals surface area (Å²) < 4.78 is 40.9.